The highest BCUT2D eigenvalue weighted by Crippen LogP contribution is 2.21. The molecule has 5 nitrogen and oxygen atoms in total. The maximum absolute atomic E-state index is 6.17. The molecule has 2 rings (SSSR count). The summed E-state index contributed by atoms with van der Waals surface area (Å²) in [4.78, 5) is 9.39. The molecular weight excluding hydrogens is 391 g/mol. The summed E-state index contributed by atoms with van der Waals surface area (Å²) in [5.41, 5.74) is 6.19. The van der Waals surface area contributed by atoms with Crippen LogP contribution in [0.5, 0.6) is 0 Å². The van der Waals surface area contributed by atoms with Gasteiger partial charge in [-0.3, -0.25) is 9.89 Å². The summed E-state index contributed by atoms with van der Waals surface area (Å²) >= 11 is 0. The number of nitrogens with zero attached hydrogens (tertiary/aromatic N) is 3. The lowest BCUT2D eigenvalue weighted by atomic mass is 10.0. The molecule has 0 aliphatic carbocycles. The van der Waals surface area contributed by atoms with Crippen LogP contribution >= 0.6 is 24.0 Å². The van der Waals surface area contributed by atoms with Crippen molar-refractivity contribution in [2.24, 2.45) is 10.7 Å². The van der Waals surface area contributed by atoms with E-state index >= 15 is 0 Å². The molecule has 0 aromatic heterocycles. The van der Waals surface area contributed by atoms with Gasteiger partial charge in [0.15, 0.2) is 5.96 Å². The number of ether oxygens (including phenoxy) is 1. The second-order valence-corrected chi connectivity index (χ2v) is 7.20. The van der Waals surface area contributed by atoms with Crippen LogP contribution in [0.2, 0.25) is 0 Å². The fraction of sp³-hybridized carbons (Fsp3) is 0.938. The molecule has 2 atom stereocenters. The summed E-state index contributed by atoms with van der Waals surface area (Å²) in [6.07, 6.45) is 4.36. The van der Waals surface area contributed by atoms with Gasteiger partial charge in [-0.25, -0.2) is 0 Å². The van der Waals surface area contributed by atoms with Gasteiger partial charge in [-0.15, -0.1) is 24.0 Å². The summed E-state index contributed by atoms with van der Waals surface area (Å²) in [5.74, 6) is 0.720. The summed E-state index contributed by atoms with van der Waals surface area (Å²) in [5, 5.41) is 0. The van der Waals surface area contributed by atoms with E-state index in [2.05, 4.69) is 42.5 Å². The fourth-order valence-corrected chi connectivity index (χ4v) is 3.27. The van der Waals surface area contributed by atoms with E-state index in [1.54, 1.807) is 0 Å². The number of nitrogens with two attached hydrogens (primary N) is 1. The molecule has 2 unspecified atom stereocenters. The zero-order valence-electron chi connectivity index (χ0n) is 14.5. The normalized spacial score (nSPS) is 28.4. The van der Waals surface area contributed by atoms with Crippen LogP contribution in [0, 0.1) is 0 Å². The molecule has 2 aliphatic rings. The highest BCUT2D eigenvalue weighted by atomic mass is 127. The van der Waals surface area contributed by atoms with Crippen LogP contribution in [-0.2, 0) is 4.74 Å². The van der Waals surface area contributed by atoms with Crippen LogP contribution in [0.3, 0.4) is 0 Å². The predicted octanol–water partition coefficient (Wildman–Crippen LogP) is 2.29. The molecule has 0 amide bonds. The number of guanidine groups is 1. The Bertz CT molecular complexity index is 359. The lowest BCUT2D eigenvalue weighted by Gasteiger charge is -2.44. The predicted molar refractivity (Wildman–Crippen MR) is 103 cm³/mol. The Balaban J connectivity index is 0.00000242. The van der Waals surface area contributed by atoms with Gasteiger partial charge in [-0.05, 0) is 47.0 Å². The van der Waals surface area contributed by atoms with Crippen LogP contribution in [0.1, 0.15) is 47.0 Å². The highest BCUT2D eigenvalue weighted by molar-refractivity contribution is 14.0. The third-order valence-electron chi connectivity index (χ3n) is 4.58. The molecule has 22 heavy (non-hydrogen) atoms. The first kappa shape index (κ1) is 20.0. The minimum atomic E-state index is 0. The summed E-state index contributed by atoms with van der Waals surface area (Å²) in [6, 6.07) is 0. The minimum Gasteiger partial charge on any atom is -0.373 e. The van der Waals surface area contributed by atoms with Crippen molar-refractivity contribution in [1.82, 2.24) is 9.80 Å². The van der Waals surface area contributed by atoms with Gasteiger partial charge >= 0.3 is 0 Å². The van der Waals surface area contributed by atoms with Crippen molar-refractivity contribution in [3.8, 4) is 0 Å². The standard InChI is InChI=1S/C16H32N4O.HI/c1-13-10-20(11-14(2)21-13)16(3,4)12-18-15(17)19-8-6-5-7-9-19;/h13-14H,5-12H2,1-4H3,(H2,17,18);1H. The lowest BCUT2D eigenvalue weighted by Crippen LogP contribution is -2.56. The van der Waals surface area contributed by atoms with Crippen LogP contribution in [0.25, 0.3) is 0 Å². The molecule has 2 N–H and O–H groups in total. The molecule has 0 spiro atoms. The van der Waals surface area contributed by atoms with Crippen LogP contribution in [0.15, 0.2) is 4.99 Å². The number of rotatable bonds is 3. The molecule has 0 radical (unpaired) electrons. The van der Waals surface area contributed by atoms with Crippen LogP contribution in [-0.4, -0.2) is 66.2 Å². The van der Waals surface area contributed by atoms with Crippen LogP contribution < -0.4 is 5.73 Å². The van der Waals surface area contributed by atoms with Crippen molar-refractivity contribution >= 4 is 29.9 Å². The van der Waals surface area contributed by atoms with Crippen molar-refractivity contribution in [3.05, 3.63) is 0 Å². The zero-order chi connectivity index (χ0) is 15.5. The fourth-order valence-electron chi connectivity index (χ4n) is 3.27. The van der Waals surface area contributed by atoms with E-state index in [0.29, 0.717) is 0 Å². The molecule has 0 saturated carbocycles. The van der Waals surface area contributed by atoms with Gasteiger partial charge in [-0.2, -0.15) is 0 Å². The van der Waals surface area contributed by atoms with E-state index in [-0.39, 0.29) is 41.7 Å². The van der Waals surface area contributed by atoms with Gasteiger partial charge in [-0.1, -0.05) is 0 Å². The number of piperidine rings is 1. The number of hydrogen-bond acceptors (Lipinski definition) is 3. The zero-order valence-corrected chi connectivity index (χ0v) is 16.9. The molecule has 0 aromatic carbocycles. The first-order chi connectivity index (χ1) is 9.88. The van der Waals surface area contributed by atoms with E-state index in [0.717, 1.165) is 38.7 Å². The Morgan fingerprint density at radius 2 is 1.68 bits per heavy atom. The van der Waals surface area contributed by atoms with Crippen LogP contribution in [0.4, 0.5) is 0 Å². The SMILES string of the molecule is CC1CN(C(C)(C)CN=C(N)N2CCCCC2)CC(C)O1.I. The lowest BCUT2D eigenvalue weighted by molar-refractivity contribution is -0.0939. The minimum absolute atomic E-state index is 0. The number of likely N-dealkylation sites (tertiary alicyclic amines) is 1. The van der Waals surface area contributed by atoms with Crippen molar-refractivity contribution in [2.75, 3.05) is 32.7 Å². The van der Waals surface area contributed by atoms with E-state index in [1.165, 1.54) is 19.3 Å². The van der Waals surface area contributed by atoms with E-state index in [4.69, 9.17) is 10.5 Å². The highest BCUT2D eigenvalue weighted by Gasteiger charge is 2.33. The largest absolute Gasteiger partial charge is 0.373 e. The maximum Gasteiger partial charge on any atom is 0.191 e. The number of aliphatic imine (C=N–C) groups is 1. The molecule has 6 heteroatoms. The van der Waals surface area contributed by atoms with Gasteiger partial charge in [0.2, 0.25) is 0 Å². The van der Waals surface area contributed by atoms with E-state index in [1.807, 2.05) is 0 Å². The monoisotopic (exact) mass is 424 g/mol. The second-order valence-electron chi connectivity index (χ2n) is 7.20. The van der Waals surface area contributed by atoms with Gasteiger partial charge in [0.25, 0.3) is 0 Å². The molecule has 0 aromatic rings. The molecule has 0 bridgehead atoms. The van der Waals surface area contributed by atoms with Crippen molar-refractivity contribution < 1.29 is 4.74 Å². The Hall–Kier alpha value is -0.0800. The molecule has 2 saturated heterocycles. The Labute approximate surface area is 152 Å². The quantitative estimate of drug-likeness (QED) is 0.429. The maximum atomic E-state index is 6.17. The van der Waals surface area contributed by atoms with Gasteiger partial charge < -0.3 is 15.4 Å². The smallest absolute Gasteiger partial charge is 0.191 e. The molecule has 2 heterocycles. The Kier molecular flexibility index (Phi) is 7.88. The van der Waals surface area contributed by atoms with E-state index < -0.39 is 0 Å². The number of morpholine rings is 1. The summed E-state index contributed by atoms with van der Waals surface area (Å²) in [7, 11) is 0. The summed E-state index contributed by atoms with van der Waals surface area (Å²) < 4.78 is 5.82. The number of hydrogen-bond donors (Lipinski definition) is 1. The van der Waals surface area contributed by atoms with Crippen molar-refractivity contribution in [2.45, 2.75) is 64.7 Å². The van der Waals surface area contributed by atoms with E-state index in [9.17, 15) is 0 Å². The Morgan fingerprint density at radius 3 is 2.23 bits per heavy atom. The van der Waals surface area contributed by atoms with Gasteiger partial charge in [0, 0.05) is 31.7 Å². The average Bonchev–Trinajstić information content (AvgIpc) is 2.45. The molecule has 130 valence electrons. The average molecular weight is 424 g/mol. The van der Waals surface area contributed by atoms with Crippen molar-refractivity contribution in [3.63, 3.8) is 0 Å². The third-order valence-corrected chi connectivity index (χ3v) is 4.58. The first-order valence-corrected chi connectivity index (χ1v) is 8.34. The second kappa shape index (κ2) is 8.68. The van der Waals surface area contributed by atoms with Crippen molar-refractivity contribution in [1.29, 1.82) is 0 Å². The first-order valence-electron chi connectivity index (χ1n) is 8.34. The van der Waals surface area contributed by atoms with Gasteiger partial charge in [0.05, 0.1) is 18.8 Å². The molecule has 2 aliphatic heterocycles. The molecule has 2 fully saturated rings. The molecular formula is C16H33IN4O. The third kappa shape index (κ3) is 5.53. The number of halogens is 1. The topological polar surface area (TPSA) is 54.1 Å². The Morgan fingerprint density at radius 1 is 1.14 bits per heavy atom. The summed E-state index contributed by atoms with van der Waals surface area (Å²) in [6.45, 7) is 13.6. The van der Waals surface area contributed by atoms with Gasteiger partial charge in [0.1, 0.15) is 0 Å².